The van der Waals surface area contributed by atoms with Crippen molar-refractivity contribution in [2.75, 3.05) is 0 Å². The quantitative estimate of drug-likeness (QED) is 0.767. The zero-order valence-corrected chi connectivity index (χ0v) is 10.8. The number of aromatic nitrogens is 2. The first-order valence-electron chi connectivity index (χ1n) is 5.78. The third-order valence-corrected chi connectivity index (χ3v) is 2.93. The van der Waals surface area contributed by atoms with Gasteiger partial charge in [0.05, 0.1) is 0 Å². The summed E-state index contributed by atoms with van der Waals surface area (Å²) >= 11 is 0. The molecule has 0 aliphatic heterocycles. The molecule has 0 aliphatic rings. The van der Waals surface area contributed by atoms with Crippen molar-refractivity contribution >= 4 is 6.08 Å². The van der Waals surface area contributed by atoms with Crippen LogP contribution in [0.3, 0.4) is 0 Å². The molecule has 0 aliphatic carbocycles. The Labute approximate surface area is 111 Å². The first kappa shape index (κ1) is 12.6. The van der Waals surface area contributed by atoms with Crippen LogP contribution in [0.2, 0.25) is 0 Å². The molecule has 92 valence electrons. The Bertz CT molecular complexity index is 693. The lowest BCUT2D eigenvalue weighted by Crippen LogP contribution is -1.98. The van der Waals surface area contributed by atoms with Crippen molar-refractivity contribution in [3.05, 3.63) is 53.1 Å². The van der Waals surface area contributed by atoms with Gasteiger partial charge in [-0.2, -0.15) is 10.5 Å². The van der Waals surface area contributed by atoms with Gasteiger partial charge in [0.1, 0.15) is 17.7 Å². The molecule has 2 aromatic heterocycles. The highest BCUT2D eigenvalue weighted by atomic mass is 15.0. The number of hydrogen-bond donors (Lipinski definition) is 0. The third-order valence-electron chi connectivity index (χ3n) is 2.93. The van der Waals surface area contributed by atoms with Crippen LogP contribution in [-0.2, 0) is 0 Å². The van der Waals surface area contributed by atoms with Gasteiger partial charge in [-0.25, -0.2) is 0 Å². The second-order valence-corrected chi connectivity index (χ2v) is 4.15. The molecule has 0 saturated heterocycles. The number of aryl methyl sites for hydroxylation is 1. The molecular weight excluding hydrogens is 236 g/mol. The number of rotatable bonds is 2. The maximum absolute atomic E-state index is 8.82. The highest BCUT2D eigenvalue weighted by Crippen LogP contribution is 2.22. The summed E-state index contributed by atoms with van der Waals surface area (Å²) in [7, 11) is 0. The molecule has 0 atom stereocenters. The standard InChI is InChI=1S/C15H12N4/c1-11-7-14(8-13(9-16)10-17)12(2)19(11)15-3-5-18-6-4-15/h3-8H,1-2H3. The van der Waals surface area contributed by atoms with E-state index in [4.69, 9.17) is 10.5 Å². The van der Waals surface area contributed by atoms with E-state index in [0.29, 0.717) is 0 Å². The minimum Gasteiger partial charge on any atom is -0.318 e. The van der Waals surface area contributed by atoms with Gasteiger partial charge in [0, 0.05) is 29.5 Å². The van der Waals surface area contributed by atoms with E-state index in [1.807, 2.05) is 44.2 Å². The average Bonchev–Trinajstić information content (AvgIpc) is 2.71. The van der Waals surface area contributed by atoms with Gasteiger partial charge in [0.25, 0.3) is 0 Å². The second kappa shape index (κ2) is 5.20. The van der Waals surface area contributed by atoms with Crippen LogP contribution in [0.4, 0.5) is 0 Å². The molecule has 4 nitrogen and oxygen atoms in total. The van der Waals surface area contributed by atoms with Gasteiger partial charge in [-0.3, -0.25) is 4.98 Å². The topological polar surface area (TPSA) is 65.4 Å². The fourth-order valence-electron chi connectivity index (χ4n) is 2.07. The molecule has 19 heavy (non-hydrogen) atoms. The maximum Gasteiger partial charge on any atom is 0.130 e. The fraction of sp³-hybridized carbons (Fsp3) is 0.133. The zero-order valence-electron chi connectivity index (χ0n) is 10.8. The summed E-state index contributed by atoms with van der Waals surface area (Å²) in [6.45, 7) is 3.95. The first-order valence-corrected chi connectivity index (χ1v) is 5.78. The zero-order chi connectivity index (χ0) is 13.8. The van der Waals surface area contributed by atoms with E-state index in [0.717, 1.165) is 22.6 Å². The molecule has 0 N–H and O–H groups in total. The summed E-state index contributed by atoms with van der Waals surface area (Å²) in [4.78, 5) is 4.00. The van der Waals surface area contributed by atoms with Crippen LogP contribution in [0.5, 0.6) is 0 Å². The van der Waals surface area contributed by atoms with Gasteiger partial charge in [-0.1, -0.05) is 0 Å². The van der Waals surface area contributed by atoms with Gasteiger partial charge >= 0.3 is 0 Å². The van der Waals surface area contributed by atoms with Crippen LogP contribution in [0.1, 0.15) is 17.0 Å². The lowest BCUT2D eigenvalue weighted by Gasteiger charge is -2.08. The summed E-state index contributed by atoms with van der Waals surface area (Å²) in [5, 5.41) is 17.6. The van der Waals surface area contributed by atoms with E-state index in [9.17, 15) is 0 Å². The van der Waals surface area contributed by atoms with Crippen molar-refractivity contribution in [3.8, 4) is 17.8 Å². The molecule has 2 heterocycles. The molecule has 0 radical (unpaired) electrons. The van der Waals surface area contributed by atoms with Crippen LogP contribution in [0.25, 0.3) is 11.8 Å². The van der Waals surface area contributed by atoms with E-state index in [1.54, 1.807) is 18.5 Å². The largest absolute Gasteiger partial charge is 0.318 e. The predicted molar refractivity (Wildman–Crippen MR) is 72.2 cm³/mol. The lowest BCUT2D eigenvalue weighted by atomic mass is 10.1. The van der Waals surface area contributed by atoms with Crippen molar-refractivity contribution in [2.45, 2.75) is 13.8 Å². The van der Waals surface area contributed by atoms with Crippen molar-refractivity contribution in [3.63, 3.8) is 0 Å². The molecule has 0 bridgehead atoms. The average molecular weight is 248 g/mol. The summed E-state index contributed by atoms with van der Waals surface area (Å²) in [6.07, 6.45) is 5.08. The van der Waals surface area contributed by atoms with Crippen LogP contribution in [0.15, 0.2) is 36.2 Å². The van der Waals surface area contributed by atoms with Gasteiger partial charge in [0.2, 0.25) is 0 Å². The van der Waals surface area contributed by atoms with E-state index in [-0.39, 0.29) is 5.57 Å². The van der Waals surface area contributed by atoms with Crippen molar-refractivity contribution in [2.24, 2.45) is 0 Å². The lowest BCUT2D eigenvalue weighted by molar-refractivity contribution is 0.960. The molecule has 0 amide bonds. The van der Waals surface area contributed by atoms with E-state index in [2.05, 4.69) is 9.55 Å². The molecule has 0 unspecified atom stereocenters. The predicted octanol–water partition coefficient (Wildman–Crippen LogP) is 2.92. The van der Waals surface area contributed by atoms with Gasteiger partial charge in [-0.15, -0.1) is 0 Å². The number of hydrogen-bond acceptors (Lipinski definition) is 3. The fourth-order valence-corrected chi connectivity index (χ4v) is 2.07. The summed E-state index contributed by atoms with van der Waals surface area (Å²) in [5.74, 6) is 0. The highest BCUT2D eigenvalue weighted by Gasteiger charge is 2.09. The minimum atomic E-state index is 0.106. The number of pyridine rings is 1. The SMILES string of the molecule is Cc1cc(C=C(C#N)C#N)c(C)n1-c1ccncc1. The Hall–Kier alpha value is -2.85. The van der Waals surface area contributed by atoms with E-state index < -0.39 is 0 Å². The number of nitrogens with zero attached hydrogens (tertiary/aromatic N) is 4. The first-order chi connectivity index (χ1) is 9.17. The highest BCUT2D eigenvalue weighted by molar-refractivity contribution is 5.65. The summed E-state index contributed by atoms with van der Waals surface area (Å²) in [5.41, 5.74) is 4.04. The molecule has 0 saturated carbocycles. The van der Waals surface area contributed by atoms with Crippen LogP contribution in [-0.4, -0.2) is 9.55 Å². The molecule has 0 aromatic carbocycles. The smallest absolute Gasteiger partial charge is 0.130 e. The monoisotopic (exact) mass is 248 g/mol. The molecule has 0 spiro atoms. The number of allylic oxidation sites excluding steroid dienone is 1. The molecule has 0 fully saturated rings. The second-order valence-electron chi connectivity index (χ2n) is 4.15. The summed E-state index contributed by atoms with van der Waals surface area (Å²) in [6, 6.07) is 9.56. The van der Waals surface area contributed by atoms with Crippen molar-refractivity contribution in [1.82, 2.24) is 9.55 Å². The minimum absolute atomic E-state index is 0.106. The molecule has 2 rings (SSSR count). The van der Waals surface area contributed by atoms with Crippen LogP contribution in [0, 0.1) is 36.5 Å². The Balaban J connectivity index is 2.57. The van der Waals surface area contributed by atoms with Crippen molar-refractivity contribution < 1.29 is 0 Å². The Morgan fingerprint density at radius 3 is 2.42 bits per heavy atom. The molecule has 2 aromatic rings. The van der Waals surface area contributed by atoms with E-state index >= 15 is 0 Å². The Kier molecular flexibility index (Phi) is 3.45. The van der Waals surface area contributed by atoms with Gasteiger partial charge < -0.3 is 4.57 Å². The Morgan fingerprint density at radius 2 is 1.84 bits per heavy atom. The molecular formula is C15H12N4. The maximum atomic E-state index is 8.82. The van der Waals surface area contributed by atoms with Crippen LogP contribution < -0.4 is 0 Å². The van der Waals surface area contributed by atoms with E-state index in [1.165, 1.54) is 0 Å². The third kappa shape index (κ3) is 2.38. The summed E-state index contributed by atoms with van der Waals surface area (Å²) < 4.78 is 2.07. The molecule has 4 heteroatoms. The van der Waals surface area contributed by atoms with Gasteiger partial charge in [0.15, 0.2) is 0 Å². The normalized spacial score (nSPS) is 9.47. The van der Waals surface area contributed by atoms with Crippen molar-refractivity contribution in [1.29, 1.82) is 10.5 Å². The Morgan fingerprint density at radius 1 is 1.21 bits per heavy atom. The van der Waals surface area contributed by atoms with Gasteiger partial charge in [-0.05, 0) is 43.7 Å². The van der Waals surface area contributed by atoms with Crippen LogP contribution >= 0.6 is 0 Å². The number of nitriles is 2.